The highest BCUT2D eigenvalue weighted by molar-refractivity contribution is 5.83. The molecule has 0 saturated carbocycles. The molecule has 0 spiro atoms. The minimum Gasteiger partial charge on any atom is -0.355 e. The van der Waals surface area contributed by atoms with Crippen LogP contribution in [0, 0.1) is 56.2 Å². The van der Waals surface area contributed by atoms with Gasteiger partial charge in [0.05, 0.1) is 6.04 Å². The maximum atomic E-state index is 11.7. The maximum Gasteiger partial charge on any atom is 0.225 e. The summed E-state index contributed by atoms with van der Waals surface area (Å²) in [7, 11) is 4.28. The van der Waals surface area contributed by atoms with Crippen molar-refractivity contribution in [1.29, 1.82) is 0 Å². The number of nitrogens with one attached hydrogen (secondary N) is 6. The number of nitrogens with zero attached hydrogens (tertiary/aromatic N) is 6. The van der Waals surface area contributed by atoms with E-state index in [0.29, 0.717) is 36.3 Å². The summed E-state index contributed by atoms with van der Waals surface area (Å²) in [6.07, 6.45) is 4.63. The van der Waals surface area contributed by atoms with Gasteiger partial charge in [-0.2, -0.15) is 0 Å². The van der Waals surface area contributed by atoms with E-state index in [-0.39, 0.29) is 79.9 Å². The molecule has 5 unspecified atom stereocenters. The Morgan fingerprint density at radius 3 is 1.17 bits per heavy atom. The van der Waals surface area contributed by atoms with E-state index in [2.05, 4.69) is 91.3 Å². The number of benzene rings is 1. The summed E-state index contributed by atoms with van der Waals surface area (Å²) in [5, 5.41) is 18.1. The molecule has 0 aromatic heterocycles. The summed E-state index contributed by atoms with van der Waals surface area (Å²) in [6, 6.07) is 10.7. The topological polar surface area (TPSA) is 211 Å². The van der Waals surface area contributed by atoms with E-state index in [4.69, 9.17) is 0 Å². The van der Waals surface area contributed by atoms with Crippen molar-refractivity contribution in [3.63, 3.8) is 0 Å². The van der Waals surface area contributed by atoms with Gasteiger partial charge in [-0.15, -0.1) is 0 Å². The van der Waals surface area contributed by atoms with Gasteiger partial charge in [0, 0.05) is 144 Å². The van der Waals surface area contributed by atoms with E-state index >= 15 is 0 Å². The van der Waals surface area contributed by atoms with E-state index in [1.165, 1.54) is 32.4 Å². The average Bonchev–Trinajstić information content (AvgIpc) is 1.77. The van der Waals surface area contributed by atoms with Crippen molar-refractivity contribution in [1.82, 2.24) is 61.3 Å². The molecule has 19 nitrogen and oxygen atoms in total. The van der Waals surface area contributed by atoms with Crippen LogP contribution >= 0.6 is 0 Å². The van der Waals surface area contributed by atoms with Crippen molar-refractivity contribution in [2.45, 2.75) is 197 Å². The first-order valence-corrected chi connectivity index (χ1v) is 34.8. The SMILES string of the molecule is CC(=O)N1CCC(CNC(=O)C(C)(C)C)C1.CC(C)N1CCC(CNC(=O)C(C)(C)C)C1.CC(NC(=O)C(C)(C)C)c1ccccc1.CCN1CCC(CNC(=O)C(C)(C)C)C1.CN1CCC(CNC(=O)C(C)(C)C)C1.CN1CCN(CCNC(=O)C(C)(C)C)CC1. The van der Waals surface area contributed by atoms with Crippen molar-refractivity contribution in [2.24, 2.45) is 56.2 Å². The summed E-state index contributed by atoms with van der Waals surface area (Å²) in [6.45, 7) is 64.1. The summed E-state index contributed by atoms with van der Waals surface area (Å²) in [5.74, 6) is 3.25. The van der Waals surface area contributed by atoms with Crippen LogP contribution < -0.4 is 31.9 Å². The van der Waals surface area contributed by atoms with Gasteiger partial charge in [0.25, 0.3) is 0 Å². The third kappa shape index (κ3) is 36.3. The number of piperazine rings is 1. The van der Waals surface area contributed by atoms with Crippen LogP contribution in [0.3, 0.4) is 0 Å². The molecule has 5 atom stereocenters. The van der Waals surface area contributed by atoms with Gasteiger partial charge in [0.2, 0.25) is 41.4 Å². The third-order valence-electron chi connectivity index (χ3n) is 17.3. The zero-order valence-electron chi connectivity index (χ0n) is 63.2. The Bertz CT molecular complexity index is 2340. The van der Waals surface area contributed by atoms with E-state index in [1.54, 1.807) is 6.92 Å². The quantitative estimate of drug-likeness (QED) is 0.0974. The predicted octanol–water partition coefficient (Wildman–Crippen LogP) is 8.79. The van der Waals surface area contributed by atoms with Gasteiger partial charge in [-0.05, 0) is 116 Å². The lowest BCUT2D eigenvalue weighted by Crippen LogP contribution is -2.47. The first-order chi connectivity index (χ1) is 42.2. The molecule has 5 aliphatic heterocycles. The number of amides is 7. The first-order valence-electron chi connectivity index (χ1n) is 34.8. The van der Waals surface area contributed by atoms with E-state index in [0.717, 1.165) is 117 Å². The molecule has 1 aromatic carbocycles. The van der Waals surface area contributed by atoms with Crippen LogP contribution in [0.25, 0.3) is 0 Å². The van der Waals surface area contributed by atoms with Crippen LogP contribution in [-0.2, 0) is 33.6 Å². The molecule has 0 bridgehead atoms. The fourth-order valence-corrected chi connectivity index (χ4v) is 10.3. The summed E-state index contributed by atoms with van der Waals surface area (Å²) in [5.41, 5.74) is -0.594. The lowest BCUT2D eigenvalue weighted by Gasteiger charge is -2.32. The van der Waals surface area contributed by atoms with Crippen molar-refractivity contribution in [2.75, 3.05) is 138 Å². The molecule has 0 aliphatic carbocycles. The zero-order chi connectivity index (χ0) is 70.6. The largest absolute Gasteiger partial charge is 0.355 e. The number of likely N-dealkylation sites (N-methyl/N-ethyl adjacent to an activating group) is 1. The minimum atomic E-state index is -0.334. The van der Waals surface area contributed by atoms with Crippen LogP contribution in [0.15, 0.2) is 30.3 Å². The van der Waals surface area contributed by atoms with Crippen LogP contribution in [-0.4, -0.2) is 215 Å². The van der Waals surface area contributed by atoms with Crippen molar-refractivity contribution in [3.8, 4) is 0 Å². The summed E-state index contributed by atoms with van der Waals surface area (Å²) in [4.78, 5) is 94.9. The smallest absolute Gasteiger partial charge is 0.225 e. The van der Waals surface area contributed by atoms with Crippen LogP contribution in [0.4, 0.5) is 0 Å². The van der Waals surface area contributed by atoms with Gasteiger partial charge in [-0.1, -0.05) is 162 Å². The lowest BCUT2D eigenvalue weighted by atomic mass is 9.95. The van der Waals surface area contributed by atoms with Crippen LogP contribution in [0.5, 0.6) is 0 Å². The Morgan fingerprint density at radius 1 is 0.435 bits per heavy atom. The highest BCUT2D eigenvalue weighted by Gasteiger charge is 2.31. The summed E-state index contributed by atoms with van der Waals surface area (Å²) >= 11 is 0. The van der Waals surface area contributed by atoms with Crippen LogP contribution in [0.2, 0.25) is 0 Å². The van der Waals surface area contributed by atoms with Crippen molar-refractivity contribution < 1.29 is 33.6 Å². The van der Waals surface area contributed by atoms with Crippen LogP contribution in [0.1, 0.15) is 197 Å². The van der Waals surface area contributed by atoms with Gasteiger partial charge >= 0.3 is 0 Å². The van der Waals surface area contributed by atoms with Gasteiger partial charge in [0.15, 0.2) is 0 Å². The Hall–Kier alpha value is -4.69. The molecule has 92 heavy (non-hydrogen) atoms. The molecule has 532 valence electrons. The Kier molecular flexibility index (Phi) is 37.1. The monoisotopic (exact) mass is 1300 g/mol. The highest BCUT2D eigenvalue weighted by atomic mass is 16.2. The maximum absolute atomic E-state index is 11.7. The van der Waals surface area contributed by atoms with E-state index < -0.39 is 0 Å². The van der Waals surface area contributed by atoms with Crippen molar-refractivity contribution >= 4 is 41.4 Å². The second-order valence-electron chi connectivity index (χ2n) is 33.2. The van der Waals surface area contributed by atoms with Gasteiger partial charge < -0.3 is 56.4 Å². The molecule has 6 N–H and O–H groups in total. The Labute approximate surface area is 561 Å². The number of likely N-dealkylation sites (tertiary alicyclic amines) is 4. The van der Waals surface area contributed by atoms with E-state index in [1.807, 2.05) is 167 Å². The van der Waals surface area contributed by atoms with E-state index in [9.17, 15) is 33.6 Å². The molecule has 5 fully saturated rings. The number of hydrogen-bond donors (Lipinski definition) is 6. The second-order valence-corrected chi connectivity index (χ2v) is 33.2. The molecular weight excluding hydrogens is 1160 g/mol. The molecule has 5 saturated heterocycles. The third-order valence-corrected chi connectivity index (χ3v) is 17.3. The average molecular weight is 1300 g/mol. The predicted molar refractivity (Wildman–Crippen MR) is 380 cm³/mol. The normalized spacial score (nSPS) is 20.6. The molecule has 1 aromatic rings. The standard InChI is InChI=1S/C13H26N2O.C13H19NO.C12H25N3O.C12H22N2O2.C12H24N2O.C11H22N2O/c1-10(2)15-7-6-11(9-15)8-14-12(16)13(3,4)5;1-10(11-8-6-5-7-9-11)14-12(15)13(2,3)4;1-12(2,3)11(16)13-5-6-15-9-7-14(4)8-10-15;1-9(15)14-6-5-10(8-14)7-13-11(16)12(2,3)4;1-5-14-7-6-10(9-14)8-13-11(15)12(2,3)4;1-11(2,3)10(14)12-7-9-5-6-13(4)8-9/h10-11H,6-9H2,1-5H3,(H,14,16);5-10H,1-4H3,(H,14,15);5-10H2,1-4H3,(H,13,16);10H,5-8H2,1-4H3,(H,13,16);10H,5-9H2,1-4H3,(H,13,15);9H,5-8H2,1-4H3,(H,12,14). The molecule has 5 aliphatic rings. The first kappa shape index (κ1) is 85.3. The number of carbonyl (C=O) groups is 7. The molecule has 19 heteroatoms. The number of rotatable bonds is 15. The number of hydrogen-bond acceptors (Lipinski definition) is 12. The minimum absolute atomic E-state index is 0.0675. The molecular formula is C73H138N12O7. The molecule has 0 radical (unpaired) electrons. The second kappa shape index (κ2) is 40.0. The molecule has 7 amide bonds. The Balaban J connectivity index is 0.000000552. The Morgan fingerprint density at radius 2 is 0.815 bits per heavy atom. The molecule has 6 rings (SSSR count). The molecule has 5 heterocycles. The van der Waals surface area contributed by atoms with Gasteiger partial charge in [-0.25, -0.2) is 0 Å². The highest BCUT2D eigenvalue weighted by Crippen LogP contribution is 2.23. The fourth-order valence-electron chi connectivity index (χ4n) is 10.3. The van der Waals surface area contributed by atoms with Gasteiger partial charge in [-0.3, -0.25) is 38.5 Å². The number of carbonyl (C=O) groups excluding carboxylic acids is 7. The lowest BCUT2D eigenvalue weighted by molar-refractivity contribution is -0.129. The van der Waals surface area contributed by atoms with Crippen molar-refractivity contribution in [3.05, 3.63) is 35.9 Å². The zero-order valence-corrected chi connectivity index (χ0v) is 63.2. The van der Waals surface area contributed by atoms with Gasteiger partial charge in [0.1, 0.15) is 0 Å². The fraction of sp³-hybridized carbons (Fsp3) is 0.822. The summed E-state index contributed by atoms with van der Waals surface area (Å²) < 4.78 is 0.